The average Bonchev–Trinajstić information content (AvgIpc) is 2.97. The Hall–Kier alpha value is -2.72. The van der Waals surface area contributed by atoms with E-state index < -0.39 is 16.0 Å². The minimum absolute atomic E-state index is 0.0198. The van der Waals surface area contributed by atoms with Gasteiger partial charge in [-0.1, -0.05) is 17.3 Å². The molecule has 0 aliphatic heterocycles. The van der Waals surface area contributed by atoms with Crippen molar-refractivity contribution in [1.82, 2.24) is 9.88 Å². The lowest BCUT2D eigenvalue weighted by atomic mass is 10.1. The Labute approximate surface area is 157 Å². The monoisotopic (exact) mass is 395 g/mol. The zero-order chi connectivity index (χ0) is 20.2. The number of methoxy groups -OCH3 is 1. The van der Waals surface area contributed by atoms with Crippen LogP contribution < -0.4 is 9.62 Å². The minimum Gasteiger partial charge on any atom is -0.465 e. The smallest absolute Gasteiger partial charge is 0.339 e. The molecule has 27 heavy (non-hydrogen) atoms. The van der Waals surface area contributed by atoms with Crippen molar-refractivity contribution < 1.29 is 27.3 Å². The van der Waals surface area contributed by atoms with E-state index >= 15 is 0 Å². The van der Waals surface area contributed by atoms with Crippen LogP contribution in [-0.4, -0.2) is 45.7 Å². The second kappa shape index (κ2) is 8.31. The summed E-state index contributed by atoms with van der Waals surface area (Å²) >= 11 is 0. The number of amides is 1. The van der Waals surface area contributed by atoms with Gasteiger partial charge in [-0.05, 0) is 26.0 Å². The molecule has 0 spiro atoms. The molecule has 0 aliphatic rings. The van der Waals surface area contributed by atoms with Crippen molar-refractivity contribution in [3.05, 3.63) is 41.3 Å². The molecule has 2 aromatic rings. The largest absolute Gasteiger partial charge is 0.465 e. The highest BCUT2D eigenvalue weighted by molar-refractivity contribution is 7.89. The van der Waals surface area contributed by atoms with Crippen LogP contribution in [0.5, 0.6) is 0 Å². The third-order valence-electron chi connectivity index (χ3n) is 3.84. The van der Waals surface area contributed by atoms with Crippen LogP contribution >= 0.6 is 0 Å². The second-order valence-electron chi connectivity index (χ2n) is 5.73. The number of rotatable bonds is 7. The van der Waals surface area contributed by atoms with Gasteiger partial charge in [-0.3, -0.25) is 4.79 Å². The molecule has 0 unspecified atom stereocenters. The lowest BCUT2D eigenvalue weighted by Gasteiger charge is -2.23. The number of aryl methyl sites for hydroxylation is 2. The zero-order valence-electron chi connectivity index (χ0n) is 15.5. The highest BCUT2D eigenvalue weighted by Crippen LogP contribution is 2.22. The lowest BCUT2D eigenvalue weighted by Crippen LogP contribution is -2.38. The number of esters is 1. The first kappa shape index (κ1) is 20.6. The van der Waals surface area contributed by atoms with Crippen LogP contribution in [0, 0.1) is 13.8 Å². The van der Waals surface area contributed by atoms with Gasteiger partial charge in [0.25, 0.3) is 0 Å². The maximum absolute atomic E-state index is 12.5. The van der Waals surface area contributed by atoms with Crippen molar-refractivity contribution in [3.63, 3.8) is 0 Å². The summed E-state index contributed by atoms with van der Waals surface area (Å²) in [5.74, 6) is -0.754. The summed E-state index contributed by atoms with van der Waals surface area (Å²) in [5, 5.41) is 3.63. The Morgan fingerprint density at radius 2 is 1.93 bits per heavy atom. The van der Waals surface area contributed by atoms with Gasteiger partial charge in [-0.25, -0.2) is 17.9 Å². The molecule has 9 nitrogen and oxygen atoms in total. The fourth-order valence-electron chi connectivity index (χ4n) is 2.66. The van der Waals surface area contributed by atoms with Crippen LogP contribution in [0.4, 0.5) is 5.69 Å². The lowest BCUT2D eigenvalue weighted by molar-refractivity contribution is -0.116. The Kier molecular flexibility index (Phi) is 6.34. The topological polar surface area (TPSA) is 119 Å². The predicted octanol–water partition coefficient (Wildman–Crippen LogP) is 1.41. The van der Waals surface area contributed by atoms with E-state index in [-0.39, 0.29) is 40.9 Å². The quantitative estimate of drug-likeness (QED) is 0.704. The Morgan fingerprint density at radius 3 is 2.48 bits per heavy atom. The average molecular weight is 395 g/mol. The number of aromatic nitrogens is 1. The molecule has 1 N–H and O–H groups in total. The number of carbonyl (C=O) groups excluding carboxylic acids is 2. The van der Waals surface area contributed by atoms with Gasteiger partial charge in [-0.15, -0.1) is 0 Å². The first-order valence-electron chi connectivity index (χ1n) is 8.07. The molecular weight excluding hydrogens is 374 g/mol. The standard InChI is InChI=1S/C17H21N3O6S/c1-11-16(12(2)26-19-11)27(23,24)18-9-10-20(13(3)21)15-8-6-5-7-14(15)17(22)25-4/h5-8,18H,9-10H2,1-4H3. The predicted molar refractivity (Wildman–Crippen MR) is 97.0 cm³/mol. The number of sulfonamides is 1. The SMILES string of the molecule is COC(=O)c1ccccc1N(CCNS(=O)(=O)c1c(C)noc1C)C(C)=O. The van der Waals surface area contributed by atoms with E-state index in [1.54, 1.807) is 18.2 Å². The third kappa shape index (κ3) is 4.52. The van der Waals surface area contributed by atoms with Gasteiger partial charge in [0, 0.05) is 20.0 Å². The number of carbonyl (C=O) groups is 2. The van der Waals surface area contributed by atoms with Gasteiger partial charge in [-0.2, -0.15) is 0 Å². The van der Waals surface area contributed by atoms with Crippen LogP contribution in [0.25, 0.3) is 0 Å². The number of benzene rings is 1. The summed E-state index contributed by atoms with van der Waals surface area (Å²) in [6.07, 6.45) is 0. The van der Waals surface area contributed by atoms with E-state index in [2.05, 4.69) is 9.88 Å². The Bertz CT molecular complexity index is 932. The zero-order valence-corrected chi connectivity index (χ0v) is 16.3. The molecule has 146 valence electrons. The molecule has 0 fully saturated rings. The number of nitrogens with zero attached hydrogens (tertiary/aromatic N) is 2. The summed E-state index contributed by atoms with van der Waals surface area (Å²) in [5.41, 5.74) is 0.802. The van der Waals surface area contributed by atoms with Crippen LogP contribution in [0.1, 0.15) is 28.7 Å². The van der Waals surface area contributed by atoms with Crippen LogP contribution in [0.15, 0.2) is 33.7 Å². The third-order valence-corrected chi connectivity index (χ3v) is 5.55. The molecule has 1 aromatic heterocycles. The van der Waals surface area contributed by atoms with E-state index in [0.717, 1.165) is 0 Å². The summed E-state index contributed by atoms with van der Waals surface area (Å²) in [6.45, 7) is 4.31. The number of nitrogens with one attached hydrogen (secondary N) is 1. The number of hydrogen-bond donors (Lipinski definition) is 1. The Morgan fingerprint density at radius 1 is 1.26 bits per heavy atom. The van der Waals surface area contributed by atoms with E-state index in [1.165, 1.54) is 38.8 Å². The number of ether oxygens (including phenoxy) is 1. The van der Waals surface area contributed by atoms with E-state index in [4.69, 9.17) is 9.26 Å². The molecule has 10 heteroatoms. The number of para-hydroxylation sites is 1. The fourth-order valence-corrected chi connectivity index (χ4v) is 4.01. The maximum atomic E-state index is 12.5. The van der Waals surface area contributed by atoms with Crippen molar-refractivity contribution >= 4 is 27.6 Å². The molecule has 0 saturated carbocycles. The molecule has 0 atom stereocenters. The highest BCUT2D eigenvalue weighted by atomic mass is 32.2. The molecule has 0 aliphatic carbocycles. The molecular formula is C17H21N3O6S. The van der Waals surface area contributed by atoms with E-state index in [1.807, 2.05) is 0 Å². The molecule has 0 saturated heterocycles. The summed E-state index contributed by atoms with van der Waals surface area (Å²) in [6, 6.07) is 6.45. The van der Waals surface area contributed by atoms with Crippen molar-refractivity contribution in [2.45, 2.75) is 25.7 Å². The van der Waals surface area contributed by atoms with Gasteiger partial charge in [0.05, 0.1) is 18.4 Å². The summed E-state index contributed by atoms with van der Waals surface area (Å²) < 4.78 is 37.0. The molecule has 0 radical (unpaired) electrons. The van der Waals surface area contributed by atoms with Crippen molar-refractivity contribution in [3.8, 4) is 0 Å². The molecule has 1 aromatic carbocycles. The number of hydrogen-bond acceptors (Lipinski definition) is 7. The van der Waals surface area contributed by atoms with Crippen molar-refractivity contribution in [2.24, 2.45) is 0 Å². The second-order valence-corrected chi connectivity index (χ2v) is 7.43. The minimum atomic E-state index is -3.85. The summed E-state index contributed by atoms with van der Waals surface area (Å²) in [4.78, 5) is 25.3. The first-order valence-corrected chi connectivity index (χ1v) is 9.55. The molecule has 2 rings (SSSR count). The van der Waals surface area contributed by atoms with Crippen molar-refractivity contribution in [1.29, 1.82) is 0 Å². The number of anilines is 1. The van der Waals surface area contributed by atoms with E-state index in [0.29, 0.717) is 5.69 Å². The van der Waals surface area contributed by atoms with Gasteiger partial charge in [0.15, 0.2) is 5.76 Å². The fraction of sp³-hybridized carbons (Fsp3) is 0.353. The van der Waals surface area contributed by atoms with Gasteiger partial charge >= 0.3 is 5.97 Å². The summed E-state index contributed by atoms with van der Waals surface area (Å²) in [7, 11) is -2.60. The Balaban J connectivity index is 2.20. The van der Waals surface area contributed by atoms with Crippen LogP contribution in [-0.2, 0) is 19.6 Å². The molecule has 1 heterocycles. The van der Waals surface area contributed by atoms with E-state index in [9.17, 15) is 18.0 Å². The van der Waals surface area contributed by atoms with Crippen LogP contribution in [0.2, 0.25) is 0 Å². The highest BCUT2D eigenvalue weighted by Gasteiger charge is 2.25. The maximum Gasteiger partial charge on any atom is 0.339 e. The first-order chi connectivity index (χ1) is 12.7. The molecule has 1 amide bonds. The normalized spacial score (nSPS) is 11.3. The van der Waals surface area contributed by atoms with Gasteiger partial charge in [0.2, 0.25) is 15.9 Å². The van der Waals surface area contributed by atoms with Crippen molar-refractivity contribution in [2.75, 3.05) is 25.1 Å². The van der Waals surface area contributed by atoms with Gasteiger partial charge < -0.3 is 14.2 Å². The molecule has 0 bridgehead atoms. The van der Waals surface area contributed by atoms with Crippen LogP contribution in [0.3, 0.4) is 0 Å². The van der Waals surface area contributed by atoms with Gasteiger partial charge in [0.1, 0.15) is 10.6 Å².